The summed E-state index contributed by atoms with van der Waals surface area (Å²) >= 11 is 0. The van der Waals surface area contributed by atoms with E-state index < -0.39 is 30.5 Å². The molecule has 356 valence electrons. The number of hydrogen-bond acceptors (Lipinski definition) is 14. The molecule has 1 rings (SSSR count). The van der Waals surface area contributed by atoms with Gasteiger partial charge in [-0.05, 0) is 38.5 Å². The molecule has 9 N–H and O–H groups in total. The summed E-state index contributed by atoms with van der Waals surface area (Å²) in [6.45, 7) is 2.95. The van der Waals surface area contributed by atoms with Crippen molar-refractivity contribution in [1.29, 1.82) is 0 Å². The first-order valence-electron chi connectivity index (χ1n) is 22.3. The van der Waals surface area contributed by atoms with Crippen LogP contribution in [0.25, 0.3) is 0 Å². The molecule has 3 amide bonds. The molecule has 0 bridgehead atoms. The molecule has 1 aliphatic rings. The third-order valence-electron chi connectivity index (χ3n) is 10.1. The first-order valence-corrected chi connectivity index (χ1v) is 22.9. The molecule has 1 saturated heterocycles. The van der Waals surface area contributed by atoms with E-state index in [2.05, 4.69) is 35.7 Å². The van der Waals surface area contributed by atoms with Crippen molar-refractivity contribution in [2.45, 2.75) is 147 Å². The van der Waals surface area contributed by atoms with Crippen molar-refractivity contribution < 1.29 is 68.1 Å². The normalized spacial score (nSPS) is 16.3. The van der Waals surface area contributed by atoms with Crippen LogP contribution < -0.4 is 26.4 Å². The van der Waals surface area contributed by atoms with E-state index in [0.717, 1.165) is 70.6 Å². The summed E-state index contributed by atoms with van der Waals surface area (Å²) in [7, 11) is 2.48. The van der Waals surface area contributed by atoms with Crippen molar-refractivity contribution in [3.8, 4) is 0 Å². The Morgan fingerprint density at radius 2 is 1.13 bits per heavy atom. The van der Waals surface area contributed by atoms with Gasteiger partial charge in [-0.3, -0.25) is 29.6 Å². The van der Waals surface area contributed by atoms with E-state index in [-0.39, 0.29) is 115 Å². The number of ether oxygens (including phenoxy) is 5. The topological polar surface area (TPSA) is 273 Å². The third-order valence-corrected chi connectivity index (χ3v) is 10.6. The molecular weight excluding hydrogens is 817 g/mol. The first-order chi connectivity index (χ1) is 29.5. The molecule has 0 spiro atoms. The van der Waals surface area contributed by atoms with E-state index >= 15 is 0 Å². The second-order valence-electron chi connectivity index (χ2n) is 15.3. The van der Waals surface area contributed by atoms with Crippen molar-refractivity contribution in [3.05, 3.63) is 0 Å². The number of unbranched alkanes of at least 4 members (excludes halogenated alkanes) is 12. The Bertz CT molecular complexity index is 1160. The number of rotatable bonds is 44. The van der Waals surface area contributed by atoms with Crippen LogP contribution in [0.4, 0.5) is 0 Å². The van der Waals surface area contributed by atoms with Crippen molar-refractivity contribution in [2.75, 3.05) is 79.1 Å². The molecule has 0 radical (unpaired) electrons. The Hall–Kier alpha value is -2.58. The first kappa shape index (κ1) is 56.4. The van der Waals surface area contributed by atoms with E-state index in [1.54, 1.807) is 0 Å². The summed E-state index contributed by atoms with van der Waals surface area (Å²) in [5, 5.41) is 52.1. The molecule has 0 aromatic heterocycles. The van der Waals surface area contributed by atoms with Crippen molar-refractivity contribution >= 4 is 39.1 Å². The highest BCUT2D eigenvalue weighted by Crippen LogP contribution is 2.25. The quantitative estimate of drug-likeness (QED) is 0.0240. The van der Waals surface area contributed by atoms with E-state index in [4.69, 9.17) is 28.8 Å². The maximum atomic E-state index is 12.3. The predicted molar refractivity (Wildman–Crippen MR) is 230 cm³/mol. The number of aliphatic hydroxyl groups is 2. The van der Waals surface area contributed by atoms with Gasteiger partial charge in [-0.2, -0.15) is 0 Å². The molecule has 1 fully saturated rings. The largest absolute Gasteiger partial charge is 0.481 e. The van der Waals surface area contributed by atoms with Gasteiger partial charge in [-0.25, -0.2) is 4.79 Å². The van der Waals surface area contributed by atoms with Crippen molar-refractivity contribution in [3.63, 3.8) is 0 Å². The molecule has 1 aliphatic heterocycles. The van der Waals surface area contributed by atoms with Gasteiger partial charge in [-0.15, -0.1) is 0 Å². The highest BCUT2D eigenvalue weighted by atomic mass is 31.0. The summed E-state index contributed by atoms with van der Waals surface area (Å²) in [4.78, 5) is 58.4. The van der Waals surface area contributed by atoms with Crippen molar-refractivity contribution in [1.82, 2.24) is 26.4 Å². The summed E-state index contributed by atoms with van der Waals surface area (Å²) in [6.07, 6.45) is 14.0. The van der Waals surface area contributed by atoms with Crippen LogP contribution in [0.2, 0.25) is 0 Å². The number of aliphatic hydroxyl groups excluding tert-OH is 2. The molecular formula is C41H78N5O14P. The van der Waals surface area contributed by atoms with Gasteiger partial charge in [0.15, 0.2) is 6.29 Å². The minimum Gasteiger partial charge on any atom is -0.481 e. The molecule has 6 atom stereocenters. The monoisotopic (exact) mass is 896 g/mol. The average Bonchev–Trinajstić information content (AvgIpc) is 3.22. The Balaban J connectivity index is 1.89. The zero-order chi connectivity index (χ0) is 44.8. The number of amides is 3. The SMILES string of the molecule is O=C(O)CCCCCCCCCCCCCCC(=O)N[C@@H](CCC(O)NCCOCCOCC(=O)NCCOCCOCC(=O)NCCCC[C@H](NP)C1COC1O)C(=O)O. The maximum Gasteiger partial charge on any atom is 0.326 e. The number of carbonyl (C=O) groups is 5. The van der Waals surface area contributed by atoms with E-state index in [1.165, 1.54) is 19.3 Å². The average molecular weight is 896 g/mol. The highest BCUT2D eigenvalue weighted by Gasteiger charge is 2.36. The number of carboxylic acids is 2. The van der Waals surface area contributed by atoms with E-state index in [1.807, 2.05) is 0 Å². The van der Waals surface area contributed by atoms with Gasteiger partial charge in [0.05, 0.1) is 46.2 Å². The zero-order valence-corrected chi connectivity index (χ0v) is 37.4. The van der Waals surface area contributed by atoms with E-state index in [0.29, 0.717) is 26.1 Å². The maximum absolute atomic E-state index is 12.3. The summed E-state index contributed by atoms with van der Waals surface area (Å²) in [5.41, 5.74) is 0. The number of nitrogens with one attached hydrogen (secondary N) is 5. The lowest BCUT2D eigenvalue weighted by Crippen LogP contribution is -2.50. The molecule has 0 aliphatic carbocycles. The van der Waals surface area contributed by atoms with Gasteiger partial charge in [-0.1, -0.05) is 80.0 Å². The summed E-state index contributed by atoms with van der Waals surface area (Å²) < 4.78 is 26.5. The summed E-state index contributed by atoms with van der Waals surface area (Å²) in [6, 6.07) is -0.928. The minimum absolute atomic E-state index is 0.0643. The van der Waals surface area contributed by atoms with Crippen LogP contribution in [0.5, 0.6) is 0 Å². The van der Waals surface area contributed by atoms with Gasteiger partial charge in [0.25, 0.3) is 0 Å². The molecule has 0 saturated carbocycles. The van der Waals surface area contributed by atoms with Crippen LogP contribution in [-0.4, -0.2) is 154 Å². The van der Waals surface area contributed by atoms with Gasteiger partial charge in [0.1, 0.15) is 25.5 Å². The van der Waals surface area contributed by atoms with Crippen LogP contribution in [0, 0.1) is 5.92 Å². The van der Waals surface area contributed by atoms with Crippen LogP contribution >= 0.6 is 9.39 Å². The van der Waals surface area contributed by atoms with Crippen LogP contribution in [0.1, 0.15) is 122 Å². The van der Waals surface area contributed by atoms with Gasteiger partial charge in [0.2, 0.25) is 17.7 Å². The predicted octanol–water partition coefficient (Wildman–Crippen LogP) is 1.97. The lowest BCUT2D eigenvalue weighted by atomic mass is 9.92. The number of carbonyl (C=O) groups excluding carboxylic acids is 3. The fourth-order valence-corrected chi connectivity index (χ4v) is 6.87. The molecule has 61 heavy (non-hydrogen) atoms. The van der Waals surface area contributed by atoms with Gasteiger partial charge >= 0.3 is 11.9 Å². The Kier molecular flexibility index (Phi) is 36.1. The molecule has 20 heteroatoms. The van der Waals surface area contributed by atoms with E-state index in [9.17, 15) is 39.3 Å². The lowest BCUT2D eigenvalue weighted by molar-refractivity contribution is -0.239. The van der Waals surface area contributed by atoms with Gasteiger partial charge < -0.3 is 60.1 Å². The van der Waals surface area contributed by atoms with Crippen LogP contribution in [0.15, 0.2) is 0 Å². The molecule has 4 unspecified atom stereocenters. The standard InChI is InChI=1S/C41H78N5O14P/c47-35(19-18-34(40(53)54)45-36(48)16-11-9-7-5-3-1-2-4-6-8-10-12-17-39(51)52)43-21-23-56-25-28-59-31-38(50)44-22-24-57-26-27-58-30-37(49)42-20-14-13-15-33(46-61)32-29-60-41(32)55/h32-35,41,43,46-47,55H,1-31,61H2,(H,42,49)(H,44,50)(H,45,48)(H,51,52)(H,53,54)/t32?,33-,34-,35?,41?/m0/s1. The molecule has 0 aromatic rings. The molecule has 19 nitrogen and oxygen atoms in total. The fraction of sp³-hybridized carbons (Fsp3) is 0.878. The Morgan fingerprint density at radius 3 is 1.64 bits per heavy atom. The molecule has 0 aromatic carbocycles. The minimum atomic E-state index is -1.15. The van der Waals surface area contributed by atoms with Crippen LogP contribution in [0.3, 0.4) is 0 Å². The number of hydrogen-bond donors (Lipinski definition) is 9. The lowest BCUT2D eigenvalue weighted by Gasteiger charge is -2.38. The second kappa shape index (κ2) is 39.0. The zero-order valence-electron chi connectivity index (χ0n) is 36.3. The Morgan fingerprint density at radius 1 is 0.607 bits per heavy atom. The Labute approximate surface area is 364 Å². The number of carboxylic acid groups (broad SMARTS) is 2. The molecule has 1 heterocycles. The van der Waals surface area contributed by atoms with Crippen LogP contribution in [-0.2, 0) is 47.7 Å². The third kappa shape index (κ3) is 33.6. The van der Waals surface area contributed by atoms with Crippen molar-refractivity contribution in [2.24, 2.45) is 5.92 Å². The highest BCUT2D eigenvalue weighted by molar-refractivity contribution is 7.13. The fourth-order valence-electron chi connectivity index (χ4n) is 6.46. The summed E-state index contributed by atoms with van der Waals surface area (Å²) in [5.74, 6) is -2.59. The second-order valence-corrected chi connectivity index (χ2v) is 15.7. The number of aliphatic carboxylic acids is 2. The van der Waals surface area contributed by atoms with Gasteiger partial charge in [0, 0.05) is 44.4 Å². The smallest absolute Gasteiger partial charge is 0.326 e.